The molecule has 1 N–H and O–H groups in total. The molecule has 0 unspecified atom stereocenters. The predicted octanol–water partition coefficient (Wildman–Crippen LogP) is 6.36. The molecule has 5 rings (SSSR count). The van der Waals surface area contributed by atoms with Crippen LogP contribution in [0.4, 0.5) is 0 Å². The first kappa shape index (κ1) is 22.1. The van der Waals surface area contributed by atoms with E-state index in [2.05, 4.69) is 78.0 Å². The second-order valence-electron chi connectivity index (χ2n) is 9.47. The van der Waals surface area contributed by atoms with E-state index in [9.17, 15) is 0 Å². The van der Waals surface area contributed by atoms with E-state index >= 15 is 0 Å². The Morgan fingerprint density at radius 3 is 2.52 bits per heavy atom. The van der Waals surface area contributed by atoms with Crippen LogP contribution in [0.1, 0.15) is 79.3 Å². The van der Waals surface area contributed by atoms with Crippen LogP contribution < -0.4 is 5.32 Å². The van der Waals surface area contributed by atoms with Crippen molar-refractivity contribution in [2.24, 2.45) is 0 Å². The summed E-state index contributed by atoms with van der Waals surface area (Å²) in [5.74, 6) is 0. The Labute approximate surface area is 203 Å². The van der Waals surface area contributed by atoms with E-state index in [1.165, 1.54) is 60.3 Å². The molecular weight excluding hydrogens is 424 g/mol. The van der Waals surface area contributed by atoms with Gasteiger partial charge >= 0.3 is 0 Å². The number of hydrogen-bond acceptors (Lipinski definition) is 2. The molecule has 1 aromatic carbocycles. The zero-order chi connectivity index (χ0) is 22.9. The average Bonchev–Trinajstić information content (AvgIpc) is 3.35. The summed E-state index contributed by atoms with van der Waals surface area (Å²) in [5.41, 5.74) is 7.63. The standard InChI is InChI=1S/C28H34N4S/c1-4-21-12-8-9-16-25(21)31-19(2)18-23(20(31)3)27-26(24-15-10-11-17-29-24)30-28(33)32(27)22-13-6-5-7-14-22/h8-12,15-18,22,26-27H,4-7,13-14H2,1-3H3,(H,30,33)/t26-,27-/m0/s1. The number of pyridine rings is 1. The number of aryl methyl sites for hydroxylation is 2. The summed E-state index contributed by atoms with van der Waals surface area (Å²) in [4.78, 5) is 7.26. The maximum Gasteiger partial charge on any atom is 0.170 e. The lowest BCUT2D eigenvalue weighted by atomic mass is 9.90. The zero-order valence-electron chi connectivity index (χ0n) is 19.9. The van der Waals surface area contributed by atoms with Crippen molar-refractivity contribution >= 4 is 17.3 Å². The van der Waals surface area contributed by atoms with Gasteiger partial charge in [-0.1, -0.05) is 50.5 Å². The van der Waals surface area contributed by atoms with Gasteiger partial charge in [-0.15, -0.1) is 0 Å². The Morgan fingerprint density at radius 1 is 1.03 bits per heavy atom. The fourth-order valence-corrected chi connectivity index (χ4v) is 6.33. The van der Waals surface area contributed by atoms with Gasteiger partial charge in [-0.2, -0.15) is 0 Å². The Hall–Kier alpha value is -2.66. The van der Waals surface area contributed by atoms with Gasteiger partial charge in [0.05, 0.1) is 17.8 Å². The summed E-state index contributed by atoms with van der Waals surface area (Å²) in [6.07, 6.45) is 9.24. The first-order valence-corrected chi connectivity index (χ1v) is 12.8. The van der Waals surface area contributed by atoms with Gasteiger partial charge < -0.3 is 14.8 Å². The van der Waals surface area contributed by atoms with Crippen molar-refractivity contribution in [1.29, 1.82) is 0 Å². The van der Waals surface area contributed by atoms with Crippen LogP contribution in [0.3, 0.4) is 0 Å². The maximum atomic E-state index is 5.97. The minimum absolute atomic E-state index is 0.0518. The average molecular weight is 459 g/mol. The van der Waals surface area contributed by atoms with Crippen molar-refractivity contribution in [2.45, 2.75) is 77.4 Å². The van der Waals surface area contributed by atoms with Crippen molar-refractivity contribution in [2.75, 3.05) is 0 Å². The molecule has 0 bridgehead atoms. The van der Waals surface area contributed by atoms with Crippen molar-refractivity contribution < 1.29 is 0 Å². The van der Waals surface area contributed by atoms with E-state index < -0.39 is 0 Å². The normalized spacial score (nSPS) is 21.4. The summed E-state index contributed by atoms with van der Waals surface area (Å²) >= 11 is 5.97. The summed E-state index contributed by atoms with van der Waals surface area (Å²) in [6.45, 7) is 6.73. The molecule has 3 heterocycles. The van der Waals surface area contributed by atoms with E-state index in [1.807, 2.05) is 12.3 Å². The molecule has 33 heavy (non-hydrogen) atoms. The van der Waals surface area contributed by atoms with Gasteiger partial charge in [-0.05, 0) is 80.7 Å². The SMILES string of the molecule is CCc1ccccc1-n1c(C)cc([C@H]2[C@H](c3ccccn3)NC(=S)N2C2CCCCC2)c1C. The van der Waals surface area contributed by atoms with Gasteiger partial charge in [0.2, 0.25) is 0 Å². The van der Waals surface area contributed by atoms with Gasteiger partial charge in [-0.25, -0.2) is 0 Å². The van der Waals surface area contributed by atoms with Crippen LogP contribution in [-0.4, -0.2) is 25.6 Å². The Morgan fingerprint density at radius 2 is 1.79 bits per heavy atom. The fraction of sp³-hybridized carbons (Fsp3) is 0.429. The van der Waals surface area contributed by atoms with Crippen LogP contribution in [0.2, 0.25) is 0 Å². The summed E-state index contributed by atoms with van der Waals surface area (Å²) < 4.78 is 2.43. The molecule has 1 aliphatic carbocycles. The molecule has 3 aromatic rings. The van der Waals surface area contributed by atoms with Crippen LogP contribution in [0, 0.1) is 13.8 Å². The third kappa shape index (κ3) is 3.97. The van der Waals surface area contributed by atoms with E-state index in [1.54, 1.807) is 0 Å². The fourth-order valence-electron chi connectivity index (χ4n) is 5.94. The van der Waals surface area contributed by atoms with Crippen molar-refractivity contribution in [1.82, 2.24) is 19.8 Å². The number of thiocarbonyl (C=S) groups is 1. The maximum absolute atomic E-state index is 5.97. The molecule has 4 nitrogen and oxygen atoms in total. The highest BCUT2D eigenvalue weighted by molar-refractivity contribution is 7.80. The predicted molar refractivity (Wildman–Crippen MR) is 139 cm³/mol. The largest absolute Gasteiger partial charge is 0.352 e. The lowest BCUT2D eigenvalue weighted by molar-refractivity contribution is 0.197. The van der Waals surface area contributed by atoms with Crippen LogP contribution in [0.15, 0.2) is 54.7 Å². The minimum Gasteiger partial charge on any atom is -0.352 e. The topological polar surface area (TPSA) is 33.1 Å². The van der Waals surface area contributed by atoms with Crippen molar-refractivity contribution in [3.8, 4) is 5.69 Å². The van der Waals surface area contributed by atoms with Crippen LogP contribution in [-0.2, 0) is 6.42 Å². The molecule has 0 radical (unpaired) electrons. The van der Waals surface area contributed by atoms with Gasteiger partial charge in [0.1, 0.15) is 0 Å². The Bertz CT molecular complexity index is 1130. The van der Waals surface area contributed by atoms with Crippen LogP contribution in [0.25, 0.3) is 5.69 Å². The van der Waals surface area contributed by atoms with Gasteiger partial charge in [-0.3, -0.25) is 4.98 Å². The second-order valence-corrected chi connectivity index (χ2v) is 9.86. The quantitative estimate of drug-likeness (QED) is 0.451. The zero-order valence-corrected chi connectivity index (χ0v) is 20.7. The molecule has 1 saturated heterocycles. The lowest BCUT2D eigenvalue weighted by Crippen LogP contribution is -2.40. The van der Waals surface area contributed by atoms with Gasteiger partial charge in [0.25, 0.3) is 0 Å². The third-order valence-electron chi connectivity index (χ3n) is 7.51. The Balaban J connectivity index is 1.64. The molecule has 1 aliphatic heterocycles. The third-order valence-corrected chi connectivity index (χ3v) is 7.83. The number of hydrogen-bond donors (Lipinski definition) is 1. The van der Waals surface area contributed by atoms with E-state index in [0.29, 0.717) is 6.04 Å². The molecule has 2 atom stereocenters. The number of benzene rings is 1. The summed E-state index contributed by atoms with van der Waals surface area (Å²) in [7, 11) is 0. The van der Waals surface area contributed by atoms with Crippen LogP contribution in [0.5, 0.6) is 0 Å². The van der Waals surface area contributed by atoms with Gasteiger partial charge in [0.15, 0.2) is 5.11 Å². The number of rotatable bonds is 5. The molecule has 2 aliphatic rings. The minimum atomic E-state index is 0.0518. The number of nitrogens with one attached hydrogen (secondary N) is 1. The highest BCUT2D eigenvalue weighted by Gasteiger charge is 2.44. The molecule has 0 spiro atoms. The first-order chi connectivity index (χ1) is 16.1. The monoisotopic (exact) mass is 458 g/mol. The molecule has 1 saturated carbocycles. The summed E-state index contributed by atoms with van der Waals surface area (Å²) in [6, 6.07) is 18.0. The number of nitrogens with zero attached hydrogens (tertiary/aromatic N) is 3. The van der Waals surface area contributed by atoms with E-state index in [0.717, 1.165) is 17.2 Å². The van der Waals surface area contributed by atoms with Gasteiger partial charge in [0, 0.05) is 29.3 Å². The number of para-hydroxylation sites is 1. The highest BCUT2D eigenvalue weighted by atomic mass is 32.1. The molecular formula is C28H34N4S. The highest BCUT2D eigenvalue weighted by Crippen LogP contribution is 2.44. The molecule has 2 aromatic heterocycles. The van der Waals surface area contributed by atoms with Crippen molar-refractivity contribution in [3.05, 3.63) is 82.9 Å². The lowest BCUT2D eigenvalue weighted by Gasteiger charge is -2.37. The molecule has 172 valence electrons. The van der Waals surface area contributed by atoms with E-state index in [-0.39, 0.29) is 12.1 Å². The molecule has 5 heteroatoms. The first-order valence-electron chi connectivity index (χ1n) is 12.4. The van der Waals surface area contributed by atoms with Crippen LogP contribution >= 0.6 is 12.2 Å². The molecule has 0 amide bonds. The summed E-state index contributed by atoms with van der Waals surface area (Å²) in [5, 5.41) is 4.55. The second kappa shape index (κ2) is 9.30. The smallest absolute Gasteiger partial charge is 0.170 e. The van der Waals surface area contributed by atoms with Crippen molar-refractivity contribution in [3.63, 3.8) is 0 Å². The number of aromatic nitrogens is 2. The molecule has 2 fully saturated rings. The van der Waals surface area contributed by atoms with E-state index in [4.69, 9.17) is 17.2 Å². The Kier molecular flexibility index (Phi) is 6.24.